The molecule has 5 nitrogen and oxygen atoms in total. The second-order valence-electron chi connectivity index (χ2n) is 4.96. The Morgan fingerprint density at radius 3 is 2.95 bits per heavy atom. The number of benzene rings is 1. The van der Waals surface area contributed by atoms with Crippen LogP contribution in [-0.4, -0.2) is 15.7 Å². The molecule has 1 heterocycles. The van der Waals surface area contributed by atoms with E-state index in [1.54, 1.807) is 4.68 Å². The summed E-state index contributed by atoms with van der Waals surface area (Å²) in [6.07, 6.45) is 2.71. The standard InChI is InChI=1S/C14H15BrN4O/c15-8-3-1-4-9(7-8)19-11-6-2-5-10(16)12(11)13(18-19)14(17)20/h1,3-4,7,10H,2,5-6,16H2,(H2,17,20). The monoisotopic (exact) mass is 334 g/mol. The summed E-state index contributed by atoms with van der Waals surface area (Å²) in [5.41, 5.74) is 14.6. The highest BCUT2D eigenvalue weighted by atomic mass is 79.9. The number of aromatic nitrogens is 2. The van der Waals surface area contributed by atoms with Gasteiger partial charge in [0.25, 0.3) is 5.91 Å². The fraction of sp³-hybridized carbons (Fsp3) is 0.286. The molecule has 0 saturated heterocycles. The van der Waals surface area contributed by atoms with Gasteiger partial charge in [-0.25, -0.2) is 4.68 Å². The fourth-order valence-corrected chi connectivity index (χ4v) is 3.12. The molecule has 0 aliphatic heterocycles. The van der Waals surface area contributed by atoms with Crippen molar-refractivity contribution in [2.45, 2.75) is 25.3 Å². The van der Waals surface area contributed by atoms with Crippen LogP contribution in [-0.2, 0) is 6.42 Å². The molecule has 0 radical (unpaired) electrons. The predicted octanol–water partition coefficient (Wildman–Crippen LogP) is 2.07. The van der Waals surface area contributed by atoms with Gasteiger partial charge in [0.05, 0.1) is 5.69 Å². The third-order valence-electron chi connectivity index (χ3n) is 3.61. The van der Waals surface area contributed by atoms with Crippen LogP contribution in [0.3, 0.4) is 0 Å². The van der Waals surface area contributed by atoms with Crippen molar-refractivity contribution in [2.75, 3.05) is 0 Å². The second kappa shape index (κ2) is 5.03. The summed E-state index contributed by atoms with van der Waals surface area (Å²) >= 11 is 3.45. The fourth-order valence-electron chi connectivity index (χ4n) is 2.73. The van der Waals surface area contributed by atoms with Crippen LogP contribution in [0, 0.1) is 0 Å². The van der Waals surface area contributed by atoms with Crippen LogP contribution in [0.15, 0.2) is 28.7 Å². The number of carbonyl (C=O) groups is 1. The molecule has 0 bridgehead atoms. The van der Waals surface area contributed by atoms with E-state index in [2.05, 4.69) is 21.0 Å². The lowest BCUT2D eigenvalue weighted by molar-refractivity contribution is 0.0993. The third-order valence-corrected chi connectivity index (χ3v) is 4.10. The van der Waals surface area contributed by atoms with Gasteiger partial charge in [-0.3, -0.25) is 4.79 Å². The van der Waals surface area contributed by atoms with Gasteiger partial charge in [0, 0.05) is 21.8 Å². The molecule has 1 aliphatic rings. The van der Waals surface area contributed by atoms with E-state index in [4.69, 9.17) is 11.5 Å². The zero-order valence-electron chi connectivity index (χ0n) is 10.8. The largest absolute Gasteiger partial charge is 0.364 e. The Bertz CT molecular complexity index is 680. The average Bonchev–Trinajstić information content (AvgIpc) is 2.80. The molecule has 104 valence electrons. The van der Waals surface area contributed by atoms with Crippen molar-refractivity contribution in [3.8, 4) is 5.69 Å². The van der Waals surface area contributed by atoms with E-state index in [0.29, 0.717) is 5.69 Å². The smallest absolute Gasteiger partial charge is 0.269 e. The maximum atomic E-state index is 11.6. The lowest BCUT2D eigenvalue weighted by atomic mass is 9.91. The Morgan fingerprint density at radius 1 is 1.45 bits per heavy atom. The summed E-state index contributed by atoms with van der Waals surface area (Å²) in [6.45, 7) is 0. The van der Waals surface area contributed by atoms with Gasteiger partial charge in [-0.15, -0.1) is 0 Å². The highest BCUT2D eigenvalue weighted by Crippen LogP contribution is 2.32. The number of nitrogens with zero attached hydrogens (tertiary/aromatic N) is 2. The molecule has 6 heteroatoms. The van der Waals surface area contributed by atoms with E-state index < -0.39 is 5.91 Å². The van der Waals surface area contributed by atoms with Gasteiger partial charge in [0.15, 0.2) is 5.69 Å². The zero-order valence-corrected chi connectivity index (χ0v) is 12.4. The van der Waals surface area contributed by atoms with Crippen molar-refractivity contribution >= 4 is 21.8 Å². The molecule has 1 amide bonds. The van der Waals surface area contributed by atoms with Crippen LogP contribution in [0.4, 0.5) is 0 Å². The highest BCUT2D eigenvalue weighted by Gasteiger charge is 2.29. The molecule has 1 aromatic carbocycles. The summed E-state index contributed by atoms with van der Waals surface area (Å²) in [5, 5.41) is 4.39. The van der Waals surface area contributed by atoms with Gasteiger partial charge in [-0.05, 0) is 37.5 Å². The number of fused-ring (bicyclic) bond motifs is 1. The van der Waals surface area contributed by atoms with Crippen molar-refractivity contribution < 1.29 is 4.79 Å². The molecular formula is C14H15BrN4O. The van der Waals surface area contributed by atoms with E-state index in [1.165, 1.54) is 0 Å². The quantitative estimate of drug-likeness (QED) is 0.881. The number of amides is 1. The molecule has 20 heavy (non-hydrogen) atoms. The maximum absolute atomic E-state index is 11.6. The molecule has 0 saturated carbocycles. The first-order valence-corrected chi connectivity index (χ1v) is 7.30. The van der Waals surface area contributed by atoms with Crippen LogP contribution >= 0.6 is 15.9 Å². The van der Waals surface area contributed by atoms with Crippen molar-refractivity contribution in [2.24, 2.45) is 11.5 Å². The Labute approximate surface area is 125 Å². The third kappa shape index (κ3) is 2.14. The minimum absolute atomic E-state index is 0.165. The number of halogens is 1. The van der Waals surface area contributed by atoms with E-state index in [-0.39, 0.29) is 6.04 Å². The van der Waals surface area contributed by atoms with Crippen LogP contribution in [0.1, 0.15) is 40.6 Å². The van der Waals surface area contributed by atoms with Gasteiger partial charge >= 0.3 is 0 Å². The zero-order chi connectivity index (χ0) is 14.3. The van der Waals surface area contributed by atoms with Crippen LogP contribution in [0.25, 0.3) is 5.69 Å². The first-order chi connectivity index (χ1) is 9.58. The number of primary amides is 1. The van der Waals surface area contributed by atoms with Gasteiger partial charge < -0.3 is 11.5 Å². The molecule has 1 aromatic heterocycles. The Kier molecular flexibility index (Phi) is 3.35. The SMILES string of the molecule is NC(=O)c1nn(-c2cccc(Br)c2)c2c1C(N)CCC2. The van der Waals surface area contributed by atoms with Crippen LogP contribution in [0.2, 0.25) is 0 Å². The summed E-state index contributed by atoms with van der Waals surface area (Å²) in [4.78, 5) is 11.6. The number of hydrogen-bond donors (Lipinski definition) is 2. The average molecular weight is 335 g/mol. The number of hydrogen-bond acceptors (Lipinski definition) is 3. The molecule has 1 unspecified atom stereocenters. The predicted molar refractivity (Wildman–Crippen MR) is 79.6 cm³/mol. The number of carbonyl (C=O) groups excluding carboxylic acids is 1. The molecular weight excluding hydrogens is 320 g/mol. The summed E-state index contributed by atoms with van der Waals surface area (Å²) < 4.78 is 2.75. The van der Waals surface area contributed by atoms with Crippen molar-refractivity contribution in [1.82, 2.24) is 9.78 Å². The van der Waals surface area contributed by atoms with E-state index in [9.17, 15) is 4.79 Å². The van der Waals surface area contributed by atoms with Crippen molar-refractivity contribution in [1.29, 1.82) is 0 Å². The lowest BCUT2D eigenvalue weighted by Crippen LogP contribution is -2.22. The first-order valence-electron chi connectivity index (χ1n) is 6.51. The topological polar surface area (TPSA) is 86.9 Å². The molecule has 2 aromatic rings. The van der Waals surface area contributed by atoms with Gasteiger partial charge in [-0.1, -0.05) is 22.0 Å². The first kappa shape index (κ1) is 13.3. The second-order valence-corrected chi connectivity index (χ2v) is 5.88. The highest BCUT2D eigenvalue weighted by molar-refractivity contribution is 9.10. The van der Waals surface area contributed by atoms with Crippen molar-refractivity contribution in [3.63, 3.8) is 0 Å². The lowest BCUT2D eigenvalue weighted by Gasteiger charge is -2.20. The summed E-state index contributed by atoms with van der Waals surface area (Å²) in [5.74, 6) is -0.521. The minimum Gasteiger partial charge on any atom is -0.364 e. The molecule has 1 atom stereocenters. The van der Waals surface area contributed by atoms with Crippen molar-refractivity contribution in [3.05, 3.63) is 45.7 Å². The maximum Gasteiger partial charge on any atom is 0.269 e. The Hall–Kier alpha value is -1.66. The minimum atomic E-state index is -0.521. The van der Waals surface area contributed by atoms with E-state index in [0.717, 1.165) is 40.7 Å². The Balaban J connectivity index is 2.22. The van der Waals surface area contributed by atoms with Crippen LogP contribution in [0.5, 0.6) is 0 Å². The number of rotatable bonds is 2. The van der Waals surface area contributed by atoms with E-state index >= 15 is 0 Å². The molecule has 0 spiro atoms. The van der Waals surface area contributed by atoms with Crippen LogP contribution < -0.4 is 11.5 Å². The summed E-state index contributed by atoms with van der Waals surface area (Å²) in [6, 6.07) is 7.61. The van der Waals surface area contributed by atoms with Gasteiger partial charge in [-0.2, -0.15) is 5.10 Å². The van der Waals surface area contributed by atoms with Gasteiger partial charge in [0.1, 0.15) is 0 Å². The molecule has 4 N–H and O–H groups in total. The Morgan fingerprint density at radius 2 is 2.25 bits per heavy atom. The molecule has 1 aliphatic carbocycles. The summed E-state index contributed by atoms with van der Waals surface area (Å²) in [7, 11) is 0. The molecule has 3 rings (SSSR count). The normalized spacial score (nSPS) is 17.8. The van der Waals surface area contributed by atoms with Gasteiger partial charge in [0.2, 0.25) is 0 Å². The number of nitrogens with two attached hydrogens (primary N) is 2. The molecule has 0 fully saturated rings. The van der Waals surface area contributed by atoms with E-state index in [1.807, 2.05) is 24.3 Å².